The van der Waals surface area contributed by atoms with Crippen molar-refractivity contribution in [3.63, 3.8) is 0 Å². The van der Waals surface area contributed by atoms with Crippen LogP contribution in [0.25, 0.3) is 0 Å². The molecule has 2 fully saturated rings. The molecule has 5 rings (SSSR count). The number of hydrogen-bond acceptors (Lipinski definition) is 6. The van der Waals surface area contributed by atoms with E-state index < -0.39 is 28.9 Å². The predicted molar refractivity (Wildman–Crippen MR) is 112 cm³/mol. The first kappa shape index (κ1) is 19.0. The summed E-state index contributed by atoms with van der Waals surface area (Å²) in [6.45, 7) is 0. The number of nitrogens with zero attached hydrogens (tertiary/aromatic N) is 3. The first-order chi connectivity index (χ1) is 15.1. The average molecular weight is 415 g/mol. The second-order valence-corrected chi connectivity index (χ2v) is 7.35. The third-order valence-corrected chi connectivity index (χ3v) is 5.59. The number of amides is 2. The lowest BCUT2D eigenvalue weighted by Crippen LogP contribution is -2.37. The van der Waals surface area contributed by atoms with E-state index in [-0.39, 0.29) is 11.6 Å². The van der Waals surface area contributed by atoms with E-state index in [2.05, 4.69) is 0 Å². The summed E-state index contributed by atoms with van der Waals surface area (Å²) < 4.78 is 0. The van der Waals surface area contributed by atoms with Crippen molar-refractivity contribution < 1.29 is 19.3 Å². The number of nitro benzene ring substituents is 1. The Balaban J connectivity index is 1.58. The summed E-state index contributed by atoms with van der Waals surface area (Å²) >= 11 is 0. The molecule has 0 N–H and O–H groups in total. The zero-order chi connectivity index (χ0) is 21.5. The highest BCUT2D eigenvalue weighted by Gasteiger charge is 2.60. The van der Waals surface area contributed by atoms with Crippen LogP contribution >= 0.6 is 0 Å². The van der Waals surface area contributed by atoms with Crippen molar-refractivity contribution in [2.45, 2.75) is 12.1 Å². The first-order valence-corrected chi connectivity index (χ1v) is 9.74. The molecule has 0 saturated carbocycles. The van der Waals surface area contributed by atoms with E-state index >= 15 is 0 Å². The number of carbonyl (C=O) groups is 2. The Morgan fingerprint density at radius 3 is 1.94 bits per heavy atom. The van der Waals surface area contributed by atoms with Crippen molar-refractivity contribution in [3.8, 4) is 0 Å². The van der Waals surface area contributed by atoms with Crippen LogP contribution in [-0.4, -0.2) is 22.8 Å². The number of hydrogen-bond donors (Lipinski definition) is 0. The molecule has 0 aromatic heterocycles. The molecule has 0 radical (unpaired) electrons. The minimum Gasteiger partial charge on any atom is -0.273 e. The molecule has 154 valence electrons. The Morgan fingerprint density at radius 1 is 0.774 bits per heavy atom. The van der Waals surface area contributed by atoms with Crippen molar-refractivity contribution in [1.29, 1.82) is 0 Å². The summed E-state index contributed by atoms with van der Waals surface area (Å²) in [4.78, 5) is 44.4. The van der Waals surface area contributed by atoms with Gasteiger partial charge in [-0.3, -0.25) is 24.5 Å². The third kappa shape index (κ3) is 3.04. The number of carbonyl (C=O) groups excluding carboxylic acids is 2. The molecule has 2 saturated heterocycles. The van der Waals surface area contributed by atoms with Gasteiger partial charge in [-0.15, -0.1) is 0 Å². The summed E-state index contributed by atoms with van der Waals surface area (Å²) in [6, 6.07) is 23.3. The highest BCUT2D eigenvalue weighted by Crippen LogP contribution is 2.47. The largest absolute Gasteiger partial charge is 0.273 e. The minimum atomic E-state index is -0.979. The molecule has 3 aromatic carbocycles. The van der Waals surface area contributed by atoms with E-state index in [4.69, 9.17) is 4.84 Å². The fourth-order valence-corrected chi connectivity index (χ4v) is 4.18. The third-order valence-electron chi connectivity index (χ3n) is 5.59. The predicted octanol–water partition coefficient (Wildman–Crippen LogP) is 3.65. The van der Waals surface area contributed by atoms with E-state index in [9.17, 15) is 19.7 Å². The Morgan fingerprint density at radius 2 is 1.35 bits per heavy atom. The fraction of sp³-hybridized carbons (Fsp3) is 0.130. The van der Waals surface area contributed by atoms with Gasteiger partial charge in [0.25, 0.3) is 11.6 Å². The van der Waals surface area contributed by atoms with E-state index in [0.29, 0.717) is 16.9 Å². The van der Waals surface area contributed by atoms with E-state index in [1.807, 2.05) is 36.4 Å². The summed E-state index contributed by atoms with van der Waals surface area (Å²) in [5, 5.41) is 12.6. The lowest BCUT2D eigenvalue weighted by atomic mass is 9.90. The van der Waals surface area contributed by atoms with Crippen LogP contribution in [0.4, 0.5) is 17.1 Å². The summed E-state index contributed by atoms with van der Waals surface area (Å²) in [7, 11) is 0. The standard InChI is InChI=1S/C23H17N3O5/c27-22-19-20(15-11-13-18(14-12-15)26(29)30)25(17-9-5-2-6-10-17)31-21(19)23(28)24(22)16-7-3-1-4-8-16/h1-14,19-21H/t19-,20+,21-/m0/s1. The maximum Gasteiger partial charge on any atom is 0.269 e. The molecule has 8 heteroatoms. The average Bonchev–Trinajstić information content (AvgIpc) is 3.31. The van der Waals surface area contributed by atoms with Crippen LogP contribution in [0.15, 0.2) is 84.9 Å². The van der Waals surface area contributed by atoms with Gasteiger partial charge in [-0.2, -0.15) is 0 Å². The SMILES string of the molecule is O=C1[C@@H]2[C@H](ON(c3ccccc3)[C@@H]2c2ccc([N+](=O)[O-])cc2)C(=O)N1c1ccccc1. The molecule has 3 aromatic rings. The van der Waals surface area contributed by atoms with Crippen LogP contribution in [0.5, 0.6) is 0 Å². The zero-order valence-electron chi connectivity index (χ0n) is 16.2. The van der Waals surface area contributed by atoms with Gasteiger partial charge in [-0.1, -0.05) is 48.5 Å². The van der Waals surface area contributed by atoms with Crippen molar-refractivity contribution in [1.82, 2.24) is 0 Å². The number of nitro groups is 1. The molecule has 0 bridgehead atoms. The van der Waals surface area contributed by atoms with Gasteiger partial charge in [0.2, 0.25) is 5.91 Å². The van der Waals surface area contributed by atoms with Crippen LogP contribution in [0.2, 0.25) is 0 Å². The second-order valence-electron chi connectivity index (χ2n) is 7.35. The van der Waals surface area contributed by atoms with Gasteiger partial charge in [0.05, 0.1) is 22.3 Å². The molecule has 0 spiro atoms. The maximum absolute atomic E-state index is 13.4. The summed E-state index contributed by atoms with van der Waals surface area (Å²) in [5.74, 6) is -1.57. The molecule has 2 aliphatic rings. The molecule has 8 nitrogen and oxygen atoms in total. The van der Waals surface area contributed by atoms with Crippen molar-refractivity contribution >= 4 is 28.9 Å². The molecule has 2 amide bonds. The minimum absolute atomic E-state index is 0.0507. The Kier molecular flexibility index (Phi) is 4.48. The number of benzene rings is 3. The molecular weight excluding hydrogens is 398 g/mol. The summed E-state index contributed by atoms with van der Waals surface area (Å²) in [6.07, 6.45) is -0.979. The normalized spacial score (nSPS) is 22.6. The molecule has 2 aliphatic heterocycles. The smallest absolute Gasteiger partial charge is 0.269 e. The molecule has 31 heavy (non-hydrogen) atoms. The molecule has 2 heterocycles. The van der Waals surface area contributed by atoms with E-state index in [1.54, 1.807) is 41.5 Å². The lowest BCUT2D eigenvalue weighted by molar-refractivity contribution is -0.384. The first-order valence-electron chi connectivity index (χ1n) is 9.74. The van der Waals surface area contributed by atoms with Crippen molar-refractivity contribution in [2.75, 3.05) is 9.96 Å². The van der Waals surface area contributed by atoms with E-state index in [0.717, 1.165) is 4.90 Å². The van der Waals surface area contributed by atoms with Gasteiger partial charge < -0.3 is 0 Å². The van der Waals surface area contributed by atoms with Gasteiger partial charge in [0.15, 0.2) is 6.10 Å². The highest BCUT2D eigenvalue weighted by molar-refractivity contribution is 6.23. The van der Waals surface area contributed by atoms with Gasteiger partial charge in [0.1, 0.15) is 5.92 Å². The Labute approximate surface area is 177 Å². The van der Waals surface area contributed by atoms with Gasteiger partial charge >= 0.3 is 0 Å². The van der Waals surface area contributed by atoms with Crippen LogP contribution in [0.3, 0.4) is 0 Å². The number of anilines is 2. The Hall–Kier alpha value is -4.04. The number of imide groups is 1. The highest BCUT2D eigenvalue weighted by atomic mass is 16.7. The number of rotatable bonds is 4. The Bertz CT molecular complexity index is 1150. The maximum atomic E-state index is 13.4. The second kappa shape index (κ2) is 7.33. The van der Waals surface area contributed by atoms with Gasteiger partial charge in [0, 0.05) is 12.1 Å². The molecule has 0 unspecified atom stereocenters. The van der Waals surface area contributed by atoms with Crippen LogP contribution < -0.4 is 9.96 Å². The zero-order valence-corrected chi connectivity index (χ0v) is 16.2. The molecule has 3 atom stereocenters. The number of fused-ring (bicyclic) bond motifs is 1. The molecule has 0 aliphatic carbocycles. The number of para-hydroxylation sites is 2. The van der Waals surface area contributed by atoms with Gasteiger partial charge in [-0.25, -0.2) is 9.96 Å². The van der Waals surface area contributed by atoms with Gasteiger partial charge in [-0.05, 0) is 29.8 Å². The van der Waals surface area contributed by atoms with Crippen molar-refractivity contribution in [3.05, 3.63) is 101 Å². The fourth-order valence-electron chi connectivity index (χ4n) is 4.18. The number of hydroxylamine groups is 1. The van der Waals surface area contributed by atoms with Crippen LogP contribution in [0.1, 0.15) is 11.6 Å². The number of non-ortho nitro benzene ring substituents is 1. The molecular formula is C23H17N3O5. The summed E-state index contributed by atoms with van der Waals surface area (Å²) in [5.41, 5.74) is 1.78. The topological polar surface area (TPSA) is 93.0 Å². The van der Waals surface area contributed by atoms with Crippen LogP contribution in [-0.2, 0) is 14.4 Å². The lowest BCUT2D eigenvalue weighted by Gasteiger charge is -2.28. The van der Waals surface area contributed by atoms with Crippen molar-refractivity contribution in [2.24, 2.45) is 5.92 Å². The van der Waals surface area contributed by atoms with E-state index in [1.165, 1.54) is 12.1 Å². The van der Waals surface area contributed by atoms with Crippen LogP contribution in [0, 0.1) is 16.0 Å². The monoisotopic (exact) mass is 415 g/mol. The quantitative estimate of drug-likeness (QED) is 0.367.